The van der Waals surface area contributed by atoms with Crippen LogP contribution >= 0.6 is 12.4 Å². The summed E-state index contributed by atoms with van der Waals surface area (Å²) in [7, 11) is 0. The van der Waals surface area contributed by atoms with Gasteiger partial charge in [0.1, 0.15) is 0 Å². The van der Waals surface area contributed by atoms with Gasteiger partial charge < -0.3 is 15.2 Å². The van der Waals surface area contributed by atoms with E-state index in [1.807, 2.05) is 0 Å². The van der Waals surface area contributed by atoms with Crippen LogP contribution in [0.15, 0.2) is 0 Å². The van der Waals surface area contributed by atoms with E-state index in [-0.39, 0.29) is 30.2 Å². The normalized spacial score (nSPS) is 32.2. The fourth-order valence-corrected chi connectivity index (χ4v) is 2.23. The van der Waals surface area contributed by atoms with Gasteiger partial charge in [-0.25, -0.2) is 0 Å². The van der Waals surface area contributed by atoms with Crippen LogP contribution in [-0.4, -0.2) is 55.5 Å². The molecule has 0 saturated carbocycles. The fraction of sp³-hybridized carbons (Fsp3) is 1.00. The number of ether oxygens (including phenoxy) is 2. The highest BCUT2D eigenvalue weighted by atomic mass is 35.5. The first-order chi connectivity index (χ1) is 6.53. The topological polar surface area (TPSA) is 47.7 Å². The number of hydrogen-bond donors (Lipinski definition) is 1. The molecule has 2 aliphatic rings. The van der Waals surface area contributed by atoms with Gasteiger partial charge in [-0.05, 0) is 13.8 Å². The molecule has 2 fully saturated rings. The Morgan fingerprint density at radius 2 is 1.80 bits per heavy atom. The first-order valence-electron chi connectivity index (χ1n) is 5.27. The smallest absolute Gasteiger partial charge is 0.0940 e. The summed E-state index contributed by atoms with van der Waals surface area (Å²) in [6.45, 7) is 8.44. The Kier molecular flexibility index (Phi) is 4.38. The first-order valence-corrected chi connectivity index (χ1v) is 5.27. The number of halogens is 1. The van der Waals surface area contributed by atoms with Crippen molar-refractivity contribution >= 4 is 12.4 Å². The number of fused-ring (bicyclic) bond motifs is 2. The second-order valence-electron chi connectivity index (χ2n) is 5.10. The van der Waals surface area contributed by atoms with Gasteiger partial charge in [-0.3, -0.25) is 4.90 Å². The van der Waals surface area contributed by atoms with Gasteiger partial charge in [-0.1, -0.05) is 0 Å². The molecule has 0 radical (unpaired) electrons. The maximum Gasteiger partial charge on any atom is 0.0940 e. The quantitative estimate of drug-likeness (QED) is 0.747. The minimum atomic E-state index is -0.119. The molecule has 2 N–H and O–H groups in total. The van der Waals surface area contributed by atoms with Crippen molar-refractivity contribution in [2.45, 2.75) is 31.6 Å². The molecule has 2 heterocycles. The molecular formula is C10H21ClN2O2. The van der Waals surface area contributed by atoms with Gasteiger partial charge in [0.25, 0.3) is 0 Å². The van der Waals surface area contributed by atoms with Crippen LogP contribution in [0.1, 0.15) is 13.8 Å². The first kappa shape index (κ1) is 13.2. The standard InChI is InChI=1S/C10H20N2O2.ClH/c1-10(2,11)7-12-3-8-5-13-6-9(4-12)14-8;/h8-9H,3-7,11H2,1-2H3;1H. The SMILES string of the molecule is CC(C)(N)CN1CC2COCC(C1)O2.Cl. The van der Waals surface area contributed by atoms with Gasteiger partial charge in [0.15, 0.2) is 0 Å². The molecule has 2 unspecified atom stereocenters. The predicted octanol–water partition coefficient (Wildman–Crippen LogP) is 0.245. The van der Waals surface area contributed by atoms with Crippen LogP contribution in [0.4, 0.5) is 0 Å². The number of rotatable bonds is 2. The molecule has 0 aromatic heterocycles. The number of nitrogens with two attached hydrogens (primary N) is 1. The molecule has 2 rings (SSSR count). The highest BCUT2D eigenvalue weighted by Crippen LogP contribution is 2.18. The average Bonchev–Trinajstić information content (AvgIpc) is 1.99. The summed E-state index contributed by atoms with van der Waals surface area (Å²) < 4.78 is 11.2. The molecular weight excluding hydrogens is 216 g/mol. The zero-order valence-corrected chi connectivity index (χ0v) is 10.3. The van der Waals surface area contributed by atoms with Crippen LogP contribution < -0.4 is 5.73 Å². The van der Waals surface area contributed by atoms with Crippen molar-refractivity contribution in [1.82, 2.24) is 4.90 Å². The third kappa shape index (κ3) is 3.89. The number of hydrogen-bond acceptors (Lipinski definition) is 4. The van der Waals surface area contributed by atoms with E-state index in [2.05, 4.69) is 18.7 Å². The summed E-state index contributed by atoms with van der Waals surface area (Å²) in [5, 5.41) is 0. The molecule has 0 aromatic carbocycles. The lowest BCUT2D eigenvalue weighted by atomic mass is 10.0. The molecule has 0 spiro atoms. The van der Waals surface area contributed by atoms with E-state index in [1.165, 1.54) is 0 Å². The van der Waals surface area contributed by atoms with Crippen LogP contribution in [-0.2, 0) is 9.47 Å². The van der Waals surface area contributed by atoms with E-state index in [9.17, 15) is 0 Å². The van der Waals surface area contributed by atoms with E-state index in [0.29, 0.717) is 0 Å². The molecule has 0 aromatic rings. The Hall–Kier alpha value is 0.130. The second-order valence-corrected chi connectivity index (χ2v) is 5.10. The average molecular weight is 237 g/mol. The third-order valence-electron chi connectivity index (χ3n) is 2.55. The highest BCUT2D eigenvalue weighted by Gasteiger charge is 2.33. The predicted molar refractivity (Wildman–Crippen MR) is 61.4 cm³/mol. The maximum absolute atomic E-state index is 6.00. The molecule has 0 aliphatic carbocycles. The molecule has 5 heteroatoms. The van der Waals surface area contributed by atoms with Gasteiger partial charge in [-0.2, -0.15) is 0 Å². The van der Waals surface area contributed by atoms with Crippen LogP contribution in [0.3, 0.4) is 0 Å². The van der Waals surface area contributed by atoms with Gasteiger partial charge in [0.05, 0.1) is 25.4 Å². The van der Waals surface area contributed by atoms with Gasteiger partial charge in [-0.15, -0.1) is 12.4 Å². The van der Waals surface area contributed by atoms with Crippen LogP contribution in [0, 0.1) is 0 Å². The van der Waals surface area contributed by atoms with Crippen molar-refractivity contribution in [3.05, 3.63) is 0 Å². The van der Waals surface area contributed by atoms with Crippen LogP contribution in [0.2, 0.25) is 0 Å². The Morgan fingerprint density at radius 1 is 1.27 bits per heavy atom. The molecule has 2 atom stereocenters. The van der Waals surface area contributed by atoms with Crippen molar-refractivity contribution in [3.8, 4) is 0 Å². The Balaban J connectivity index is 0.00000112. The highest BCUT2D eigenvalue weighted by molar-refractivity contribution is 5.85. The van der Waals surface area contributed by atoms with Crippen molar-refractivity contribution in [2.24, 2.45) is 5.73 Å². The van der Waals surface area contributed by atoms with Crippen molar-refractivity contribution in [2.75, 3.05) is 32.8 Å². The van der Waals surface area contributed by atoms with Gasteiger partial charge >= 0.3 is 0 Å². The molecule has 2 aliphatic heterocycles. The molecule has 2 saturated heterocycles. The summed E-state index contributed by atoms with van der Waals surface area (Å²) in [4.78, 5) is 2.39. The minimum Gasteiger partial charge on any atom is -0.376 e. The van der Waals surface area contributed by atoms with Crippen LogP contribution in [0.5, 0.6) is 0 Å². The van der Waals surface area contributed by atoms with Gasteiger partial charge in [0, 0.05) is 25.2 Å². The monoisotopic (exact) mass is 236 g/mol. The Labute approximate surface area is 97.5 Å². The molecule has 15 heavy (non-hydrogen) atoms. The zero-order valence-electron chi connectivity index (χ0n) is 9.44. The van der Waals surface area contributed by atoms with Gasteiger partial charge in [0.2, 0.25) is 0 Å². The number of nitrogens with zero attached hydrogens (tertiary/aromatic N) is 1. The third-order valence-corrected chi connectivity index (χ3v) is 2.55. The summed E-state index contributed by atoms with van der Waals surface area (Å²) in [6, 6.07) is 0. The lowest BCUT2D eigenvalue weighted by Crippen LogP contribution is -2.58. The molecule has 0 amide bonds. The Morgan fingerprint density at radius 3 is 2.27 bits per heavy atom. The minimum absolute atomic E-state index is 0. The molecule has 90 valence electrons. The van der Waals surface area contributed by atoms with Crippen molar-refractivity contribution < 1.29 is 9.47 Å². The Bertz CT molecular complexity index is 196. The van der Waals surface area contributed by atoms with E-state index in [4.69, 9.17) is 15.2 Å². The summed E-state index contributed by atoms with van der Waals surface area (Å²) in [5.41, 5.74) is 5.88. The lowest BCUT2D eigenvalue weighted by molar-refractivity contribution is -0.180. The lowest BCUT2D eigenvalue weighted by Gasteiger charge is -2.43. The van der Waals surface area contributed by atoms with E-state index in [1.54, 1.807) is 0 Å². The summed E-state index contributed by atoms with van der Waals surface area (Å²) in [5.74, 6) is 0. The maximum atomic E-state index is 6.00. The largest absolute Gasteiger partial charge is 0.376 e. The number of morpholine rings is 1. The second kappa shape index (κ2) is 4.97. The summed E-state index contributed by atoms with van der Waals surface area (Å²) >= 11 is 0. The molecule has 4 nitrogen and oxygen atoms in total. The molecule has 2 bridgehead atoms. The van der Waals surface area contributed by atoms with E-state index < -0.39 is 0 Å². The zero-order chi connectivity index (χ0) is 10.2. The fourth-order valence-electron chi connectivity index (χ4n) is 2.23. The van der Waals surface area contributed by atoms with E-state index in [0.717, 1.165) is 32.8 Å². The van der Waals surface area contributed by atoms with Crippen LogP contribution in [0.25, 0.3) is 0 Å². The van der Waals surface area contributed by atoms with E-state index >= 15 is 0 Å². The van der Waals surface area contributed by atoms with Crippen molar-refractivity contribution in [3.63, 3.8) is 0 Å². The summed E-state index contributed by atoms with van der Waals surface area (Å²) in [6.07, 6.45) is 0.509. The van der Waals surface area contributed by atoms with Crippen molar-refractivity contribution in [1.29, 1.82) is 0 Å².